The molecule has 1 fully saturated rings. The lowest BCUT2D eigenvalue weighted by atomic mass is 9.98. The first-order valence-corrected chi connectivity index (χ1v) is 8.48. The van der Waals surface area contributed by atoms with Crippen molar-refractivity contribution in [3.8, 4) is 0 Å². The third-order valence-corrected chi connectivity index (χ3v) is 4.47. The van der Waals surface area contributed by atoms with Crippen molar-refractivity contribution in [3.05, 3.63) is 64.7 Å². The second-order valence-corrected chi connectivity index (χ2v) is 6.38. The lowest BCUT2D eigenvalue weighted by Gasteiger charge is -2.25. The van der Waals surface area contributed by atoms with Gasteiger partial charge in [0.1, 0.15) is 11.5 Å². The van der Waals surface area contributed by atoms with Crippen molar-refractivity contribution in [2.24, 2.45) is 0 Å². The van der Waals surface area contributed by atoms with Crippen molar-refractivity contribution in [2.45, 2.75) is 38.1 Å². The first kappa shape index (κ1) is 19.3. The zero-order valence-corrected chi connectivity index (χ0v) is 14.5. The zero-order valence-electron chi connectivity index (χ0n) is 14.5. The summed E-state index contributed by atoms with van der Waals surface area (Å²) in [5.41, 5.74) is -0.361. The Morgan fingerprint density at radius 3 is 2.48 bits per heavy atom. The number of ether oxygens (including phenoxy) is 1. The van der Waals surface area contributed by atoms with Crippen molar-refractivity contribution in [1.29, 1.82) is 0 Å². The van der Waals surface area contributed by atoms with Crippen LogP contribution in [0.1, 0.15) is 46.2 Å². The van der Waals surface area contributed by atoms with E-state index in [1.807, 2.05) is 0 Å². The van der Waals surface area contributed by atoms with E-state index in [0.29, 0.717) is 18.6 Å². The molecule has 0 bridgehead atoms. The minimum absolute atomic E-state index is 0.0208. The van der Waals surface area contributed by atoms with Crippen LogP contribution < -0.4 is 5.32 Å². The molecule has 4 nitrogen and oxygen atoms in total. The molecule has 3 rings (SSSR count). The Bertz CT molecular complexity index is 815. The van der Waals surface area contributed by atoms with E-state index >= 15 is 0 Å². The second-order valence-electron chi connectivity index (χ2n) is 6.38. The van der Waals surface area contributed by atoms with E-state index in [1.54, 1.807) is 12.1 Å². The molecule has 0 spiro atoms. The van der Waals surface area contributed by atoms with Gasteiger partial charge in [0.15, 0.2) is 0 Å². The highest BCUT2D eigenvalue weighted by atomic mass is 19.4. The van der Waals surface area contributed by atoms with Crippen molar-refractivity contribution >= 4 is 5.91 Å². The molecular weight excluding hydrogens is 364 g/mol. The summed E-state index contributed by atoms with van der Waals surface area (Å²) in [5, 5.41) is 2.80. The third kappa shape index (κ3) is 4.44. The van der Waals surface area contributed by atoms with E-state index in [9.17, 15) is 22.4 Å². The first-order valence-electron chi connectivity index (χ1n) is 8.48. The first-order chi connectivity index (χ1) is 12.8. The number of halogens is 4. The van der Waals surface area contributed by atoms with Gasteiger partial charge >= 0.3 is 6.18 Å². The van der Waals surface area contributed by atoms with Crippen LogP contribution in [0.25, 0.3) is 0 Å². The maximum Gasteiger partial charge on any atom is 0.433 e. The standard InChI is InChI=1S/C19H18F4N2O2/c1-11-14(8-9-16(24-11)19(21,22)23)18(26)25-17(15-3-2-10-27-15)12-4-6-13(20)7-5-12/h4-9,15,17H,2-3,10H2,1H3,(H,25,26)/t15-,17+/m0/s1. The highest BCUT2D eigenvalue weighted by Crippen LogP contribution is 2.30. The molecule has 1 amide bonds. The Morgan fingerprint density at radius 2 is 1.93 bits per heavy atom. The minimum atomic E-state index is -4.58. The fourth-order valence-electron chi connectivity index (χ4n) is 3.10. The molecule has 0 unspecified atom stereocenters. The smallest absolute Gasteiger partial charge is 0.376 e. The number of pyridine rings is 1. The van der Waals surface area contributed by atoms with Gasteiger partial charge in [-0.2, -0.15) is 13.2 Å². The van der Waals surface area contributed by atoms with Gasteiger partial charge in [0.25, 0.3) is 5.91 Å². The Balaban J connectivity index is 1.85. The number of alkyl halides is 3. The SMILES string of the molecule is Cc1nc(C(F)(F)F)ccc1C(=O)N[C@H](c1ccc(F)cc1)[C@@H]1CCCO1. The molecule has 1 aromatic heterocycles. The molecule has 1 aliphatic heterocycles. The van der Waals surface area contributed by atoms with E-state index in [1.165, 1.54) is 19.1 Å². The summed E-state index contributed by atoms with van der Waals surface area (Å²) in [4.78, 5) is 16.2. The average molecular weight is 382 g/mol. The number of benzene rings is 1. The molecule has 2 aromatic rings. The highest BCUT2D eigenvalue weighted by molar-refractivity contribution is 5.95. The van der Waals surface area contributed by atoms with Crippen LogP contribution in [-0.4, -0.2) is 23.6 Å². The highest BCUT2D eigenvalue weighted by Gasteiger charge is 2.34. The van der Waals surface area contributed by atoms with Gasteiger partial charge in [0, 0.05) is 6.61 Å². The van der Waals surface area contributed by atoms with Crippen molar-refractivity contribution in [1.82, 2.24) is 10.3 Å². The molecule has 0 radical (unpaired) electrons. The molecule has 1 aromatic carbocycles. The molecule has 8 heteroatoms. The summed E-state index contributed by atoms with van der Waals surface area (Å²) >= 11 is 0. The number of hydrogen-bond donors (Lipinski definition) is 1. The predicted molar refractivity (Wildman–Crippen MR) is 89.6 cm³/mol. The number of hydrogen-bond acceptors (Lipinski definition) is 3. The molecule has 2 heterocycles. The number of carbonyl (C=O) groups excluding carboxylic acids is 1. The van der Waals surface area contributed by atoms with Gasteiger partial charge in [-0.25, -0.2) is 9.37 Å². The summed E-state index contributed by atoms with van der Waals surface area (Å²) in [7, 11) is 0. The van der Waals surface area contributed by atoms with E-state index < -0.39 is 29.6 Å². The van der Waals surface area contributed by atoms with Gasteiger partial charge in [-0.15, -0.1) is 0 Å². The summed E-state index contributed by atoms with van der Waals surface area (Å²) in [5.74, 6) is -0.961. The van der Waals surface area contributed by atoms with Crippen molar-refractivity contribution in [3.63, 3.8) is 0 Å². The Kier molecular flexibility index (Phi) is 5.46. The van der Waals surface area contributed by atoms with Gasteiger partial charge in [-0.3, -0.25) is 4.79 Å². The van der Waals surface area contributed by atoms with Gasteiger partial charge in [-0.1, -0.05) is 12.1 Å². The van der Waals surface area contributed by atoms with Gasteiger partial charge in [-0.05, 0) is 49.6 Å². The van der Waals surface area contributed by atoms with Crippen molar-refractivity contribution in [2.75, 3.05) is 6.61 Å². The van der Waals surface area contributed by atoms with Gasteiger partial charge in [0.05, 0.1) is 23.4 Å². The number of rotatable bonds is 4. The van der Waals surface area contributed by atoms with E-state index in [4.69, 9.17) is 4.74 Å². The largest absolute Gasteiger partial charge is 0.433 e. The fraction of sp³-hybridized carbons (Fsp3) is 0.368. The topological polar surface area (TPSA) is 51.2 Å². The number of nitrogens with one attached hydrogen (secondary N) is 1. The summed E-state index contributed by atoms with van der Waals surface area (Å²) in [6.07, 6.45) is -3.32. The van der Waals surface area contributed by atoms with Crippen LogP contribution >= 0.6 is 0 Å². The van der Waals surface area contributed by atoms with Crippen LogP contribution in [0.2, 0.25) is 0 Å². The average Bonchev–Trinajstić information content (AvgIpc) is 3.14. The summed E-state index contributed by atoms with van der Waals surface area (Å²) < 4.78 is 57.2. The Labute approximate surface area is 153 Å². The number of amides is 1. The molecule has 1 aliphatic rings. The Morgan fingerprint density at radius 1 is 1.22 bits per heavy atom. The molecule has 0 saturated carbocycles. The maximum atomic E-state index is 13.2. The van der Waals surface area contributed by atoms with Crippen LogP contribution in [-0.2, 0) is 10.9 Å². The fourth-order valence-corrected chi connectivity index (χ4v) is 3.10. The molecule has 27 heavy (non-hydrogen) atoms. The molecule has 0 aliphatic carbocycles. The van der Waals surface area contributed by atoms with Crippen LogP contribution in [0.15, 0.2) is 36.4 Å². The molecule has 2 atom stereocenters. The number of nitrogens with zero attached hydrogens (tertiary/aromatic N) is 1. The maximum absolute atomic E-state index is 13.2. The number of carbonyl (C=O) groups is 1. The van der Waals surface area contributed by atoms with Crippen LogP contribution in [0.5, 0.6) is 0 Å². The number of aryl methyl sites for hydroxylation is 1. The quantitative estimate of drug-likeness (QED) is 0.807. The minimum Gasteiger partial charge on any atom is -0.376 e. The lowest BCUT2D eigenvalue weighted by molar-refractivity contribution is -0.141. The molecule has 1 N–H and O–H groups in total. The number of aromatic nitrogens is 1. The molecular formula is C19H18F4N2O2. The van der Waals surface area contributed by atoms with Crippen LogP contribution in [0.3, 0.4) is 0 Å². The van der Waals surface area contributed by atoms with Crippen molar-refractivity contribution < 1.29 is 27.1 Å². The van der Waals surface area contributed by atoms with Crippen LogP contribution in [0.4, 0.5) is 17.6 Å². The normalized spacial score (nSPS) is 18.3. The second kappa shape index (κ2) is 7.64. The Hall–Kier alpha value is -2.48. The zero-order chi connectivity index (χ0) is 19.6. The van der Waals surface area contributed by atoms with Crippen LogP contribution in [0, 0.1) is 12.7 Å². The van der Waals surface area contributed by atoms with Gasteiger partial charge < -0.3 is 10.1 Å². The lowest BCUT2D eigenvalue weighted by Crippen LogP contribution is -2.36. The van der Waals surface area contributed by atoms with Gasteiger partial charge in [0.2, 0.25) is 0 Å². The van der Waals surface area contributed by atoms with E-state index in [2.05, 4.69) is 10.3 Å². The molecule has 1 saturated heterocycles. The summed E-state index contributed by atoms with van der Waals surface area (Å²) in [6, 6.07) is 7.03. The van der Waals surface area contributed by atoms with E-state index in [-0.39, 0.29) is 17.4 Å². The predicted octanol–water partition coefficient (Wildman–Crippen LogP) is 4.20. The molecule has 144 valence electrons. The monoisotopic (exact) mass is 382 g/mol. The van der Waals surface area contributed by atoms with E-state index in [0.717, 1.165) is 18.6 Å². The third-order valence-electron chi connectivity index (χ3n) is 4.47. The summed E-state index contributed by atoms with van der Waals surface area (Å²) in [6.45, 7) is 1.90.